The van der Waals surface area contributed by atoms with E-state index in [1.165, 1.54) is 27.8 Å². The van der Waals surface area contributed by atoms with Crippen molar-refractivity contribution in [1.82, 2.24) is 5.32 Å². The van der Waals surface area contributed by atoms with Crippen LogP contribution in [0, 0.1) is 0 Å². The number of fused-ring (bicyclic) bond motifs is 3. The molecule has 3 aromatic rings. The van der Waals surface area contributed by atoms with Gasteiger partial charge in [-0.25, -0.2) is 4.79 Å². The summed E-state index contributed by atoms with van der Waals surface area (Å²) in [4.78, 5) is 12.5. The number of rotatable bonds is 4. The van der Waals surface area contributed by atoms with E-state index in [0.717, 1.165) is 12.8 Å². The molecular weight excluding hydrogens is 346 g/mol. The summed E-state index contributed by atoms with van der Waals surface area (Å²) in [5.74, 6) is 0.492. The van der Waals surface area contributed by atoms with Crippen molar-refractivity contribution in [2.75, 3.05) is 6.61 Å². The van der Waals surface area contributed by atoms with Crippen molar-refractivity contribution in [2.24, 2.45) is 0 Å². The highest BCUT2D eigenvalue weighted by Gasteiger charge is 2.34. The van der Waals surface area contributed by atoms with E-state index in [9.17, 15) is 4.79 Å². The maximum atomic E-state index is 12.5. The molecule has 0 spiro atoms. The van der Waals surface area contributed by atoms with Crippen LogP contribution < -0.4 is 5.32 Å². The summed E-state index contributed by atoms with van der Waals surface area (Å²) in [6, 6.07) is 27.4. The van der Waals surface area contributed by atoms with Gasteiger partial charge in [0.15, 0.2) is 0 Å². The number of carbonyl (C=O) groups excluding carboxylic acids is 1. The minimum absolute atomic E-state index is 0.101. The SMILES string of the molecule is O=C(N[C@H]1CCC1c1ccccc1)OCC1c2ccccc2-c2ccccc21. The standard InChI is InChI=1S/C25H23NO2/c27-25(26-24-15-14-18(24)17-8-2-1-3-9-17)28-16-23-21-12-6-4-10-19(21)20-11-5-7-13-22(20)23/h1-13,18,23-24H,14-16H2,(H,26,27)/t18?,24-/m0/s1. The molecule has 2 atom stereocenters. The Morgan fingerprint density at radius 2 is 1.43 bits per heavy atom. The zero-order chi connectivity index (χ0) is 18.9. The van der Waals surface area contributed by atoms with Crippen molar-refractivity contribution in [2.45, 2.75) is 30.7 Å². The second-order valence-corrected chi connectivity index (χ2v) is 7.67. The van der Waals surface area contributed by atoms with Crippen LogP contribution in [-0.2, 0) is 4.74 Å². The molecule has 0 saturated heterocycles. The molecule has 0 radical (unpaired) electrons. The first-order valence-corrected chi connectivity index (χ1v) is 9.98. The molecule has 5 rings (SSSR count). The molecule has 3 nitrogen and oxygen atoms in total. The van der Waals surface area contributed by atoms with Crippen molar-refractivity contribution in [1.29, 1.82) is 0 Å². The van der Waals surface area contributed by atoms with E-state index in [1.807, 2.05) is 6.07 Å². The maximum Gasteiger partial charge on any atom is 0.407 e. The van der Waals surface area contributed by atoms with Gasteiger partial charge in [-0.15, -0.1) is 0 Å². The van der Waals surface area contributed by atoms with Gasteiger partial charge in [0.25, 0.3) is 0 Å². The van der Waals surface area contributed by atoms with E-state index in [-0.39, 0.29) is 18.1 Å². The zero-order valence-corrected chi connectivity index (χ0v) is 15.7. The van der Waals surface area contributed by atoms with E-state index < -0.39 is 0 Å². The Morgan fingerprint density at radius 1 is 0.821 bits per heavy atom. The molecule has 140 valence electrons. The molecule has 0 aliphatic heterocycles. The lowest BCUT2D eigenvalue weighted by Crippen LogP contribution is -2.45. The van der Waals surface area contributed by atoms with Gasteiger partial charge in [0.05, 0.1) is 0 Å². The minimum Gasteiger partial charge on any atom is -0.449 e. The summed E-state index contributed by atoms with van der Waals surface area (Å²) >= 11 is 0. The van der Waals surface area contributed by atoms with Gasteiger partial charge < -0.3 is 10.1 Å². The molecule has 1 unspecified atom stereocenters. The molecule has 28 heavy (non-hydrogen) atoms. The van der Waals surface area contributed by atoms with Gasteiger partial charge in [-0.1, -0.05) is 78.9 Å². The smallest absolute Gasteiger partial charge is 0.407 e. The Morgan fingerprint density at radius 3 is 2.04 bits per heavy atom. The van der Waals surface area contributed by atoms with Crippen LogP contribution in [0.5, 0.6) is 0 Å². The van der Waals surface area contributed by atoms with Crippen LogP contribution in [0.3, 0.4) is 0 Å². The van der Waals surface area contributed by atoms with Gasteiger partial charge in [0, 0.05) is 17.9 Å². The number of hydrogen-bond acceptors (Lipinski definition) is 2. The molecular formula is C25H23NO2. The van der Waals surface area contributed by atoms with Crippen molar-refractivity contribution in [3.63, 3.8) is 0 Å². The number of hydrogen-bond donors (Lipinski definition) is 1. The normalized spacial score (nSPS) is 20.0. The molecule has 1 fully saturated rings. The van der Waals surface area contributed by atoms with Crippen molar-refractivity contribution >= 4 is 6.09 Å². The first-order valence-electron chi connectivity index (χ1n) is 9.98. The van der Waals surface area contributed by atoms with E-state index in [1.54, 1.807) is 0 Å². The first kappa shape index (κ1) is 17.1. The second-order valence-electron chi connectivity index (χ2n) is 7.67. The Hall–Kier alpha value is -3.07. The summed E-state index contributed by atoms with van der Waals surface area (Å²) in [5, 5.41) is 3.08. The van der Waals surface area contributed by atoms with Crippen molar-refractivity contribution in [3.8, 4) is 11.1 Å². The monoisotopic (exact) mass is 369 g/mol. The van der Waals surface area contributed by atoms with Gasteiger partial charge in [-0.2, -0.15) is 0 Å². The number of alkyl carbamates (subject to hydrolysis) is 1. The lowest BCUT2D eigenvalue weighted by molar-refractivity contribution is 0.130. The second kappa shape index (κ2) is 7.16. The third kappa shape index (κ3) is 2.97. The van der Waals surface area contributed by atoms with E-state index in [4.69, 9.17) is 4.74 Å². The molecule has 3 aromatic carbocycles. The molecule has 1 N–H and O–H groups in total. The summed E-state index contributed by atoms with van der Waals surface area (Å²) in [6.45, 7) is 0.364. The largest absolute Gasteiger partial charge is 0.449 e. The zero-order valence-electron chi connectivity index (χ0n) is 15.7. The molecule has 2 aliphatic carbocycles. The van der Waals surface area contributed by atoms with E-state index in [2.05, 4.69) is 78.1 Å². The van der Waals surface area contributed by atoms with Crippen molar-refractivity contribution < 1.29 is 9.53 Å². The number of amides is 1. The average molecular weight is 369 g/mol. The summed E-state index contributed by atoms with van der Waals surface area (Å²) in [6.07, 6.45) is 1.80. The molecule has 2 aliphatic rings. The van der Waals surface area contributed by atoms with Gasteiger partial charge in [0.2, 0.25) is 0 Å². The highest BCUT2D eigenvalue weighted by atomic mass is 16.5. The maximum absolute atomic E-state index is 12.5. The first-order chi connectivity index (χ1) is 13.8. The molecule has 3 heteroatoms. The highest BCUT2D eigenvalue weighted by Crippen LogP contribution is 2.44. The fourth-order valence-electron chi connectivity index (χ4n) is 4.56. The van der Waals surface area contributed by atoms with Crippen LogP contribution in [-0.4, -0.2) is 18.7 Å². The van der Waals surface area contributed by atoms with Crippen LogP contribution in [0.1, 0.15) is 41.4 Å². The number of nitrogens with one attached hydrogen (secondary N) is 1. The number of ether oxygens (including phenoxy) is 1. The fraction of sp³-hybridized carbons (Fsp3) is 0.240. The lowest BCUT2D eigenvalue weighted by Gasteiger charge is -2.37. The predicted molar refractivity (Wildman–Crippen MR) is 110 cm³/mol. The number of benzene rings is 3. The van der Waals surface area contributed by atoms with Gasteiger partial charge in [0.1, 0.15) is 6.61 Å². The molecule has 0 heterocycles. The Labute approximate surface area is 165 Å². The predicted octanol–water partition coefficient (Wildman–Crippen LogP) is 5.47. The van der Waals surface area contributed by atoms with E-state index >= 15 is 0 Å². The summed E-state index contributed by atoms with van der Waals surface area (Å²) in [7, 11) is 0. The van der Waals surface area contributed by atoms with Gasteiger partial charge >= 0.3 is 6.09 Å². The number of carbonyl (C=O) groups is 1. The summed E-state index contributed by atoms with van der Waals surface area (Å²) in [5.41, 5.74) is 6.26. The fourth-order valence-corrected chi connectivity index (χ4v) is 4.56. The quantitative estimate of drug-likeness (QED) is 0.662. The molecule has 1 amide bonds. The van der Waals surface area contributed by atoms with Gasteiger partial charge in [-0.05, 0) is 40.7 Å². The lowest BCUT2D eigenvalue weighted by atomic mass is 9.75. The Bertz CT molecular complexity index is 953. The van der Waals surface area contributed by atoms with Crippen LogP contribution in [0.4, 0.5) is 4.79 Å². The van der Waals surface area contributed by atoms with Crippen molar-refractivity contribution in [3.05, 3.63) is 95.6 Å². The van der Waals surface area contributed by atoms with Crippen LogP contribution in [0.2, 0.25) is 0 Å². The van der Waals surface area contributed by atoms with Crippen LogP contribution in [0.15, 0.2) is 78.9 Å². The average Bonchev–Trinajstić information content (AvgIpc) is 3.04. The Balaban J connectivity index is 1.25. The topological polar surface area (TPSA) is 38.3 Å². The van der Waals surface area contributed by atoms with E-state index in [0.29, 0.717) is 12.5 Å². The third-order valence-corrected chi connectivity index (χ3v) is 6.15. The Kier molecular flexibility index (Phi) is 4.36. The van der Waals surface area contributed by atoms with Crippen LogP contribution in [0.25, 0.3) is 11.1 Å². The molecule has 0 aromatic heterocycles. The highest BCUT2D eigenvalue weighted by molar-refractivity contribution is 5.79. The molecule has 1 saturated carbocycles. The van der Waals surface area contributed by atoms with Crippen LogP contribution >= 0.6 is 0 Å². The minimum atomic E-state index is -0.313. The third-order valence-electron chi connectivity index (χ3n) is 6.15. The van der Waals surface area contributed by atoms with Gasteiger partial charge in [-0.3, -0.25) is 0 Å². The summed E-state index contributed by atoms with van der Waals surface area (Å²) < 4.78 is 5.68. The molecule has 0 bridgehead atoms.